The van der Waals surface area contributed by atoms with E-state index in [4.69, 9.17) is 9.47 Å². The van der Waals surface area contributed by atoms with Crippen LogP contribution in [-0.4, -0.2) is 44.9 Å². The van der Waals surface area contributed by atoms with Crippen molar-refractivity contribution in [3.8, 4) is 17.6 Å². The fourth-order valence-electron chi connectivity index (χ4n) is 1.88. The first-order valence-electron chi connectivity index (χ1n) is 6.31. The topological polar surface area (TPSA) is 21.7 Å². The highest BCUT2D eigenvalue weighted by molar-refractivity contribution is 5.38. The van der Waals surface area contributed by atoms with Crippen LogP contribution in [0, 0.1) is 11.8 Å². The highest BCUT2D eigenvalue weighted by atomic mass is 16.5. The van der Waals surface area contributed by atoms with Crippen molar-refractivity contribution in [2.45, 2.75) is 6.42 Å². The molecule has 0 amide bonds. The molecular weight excluding hydrogens is 226 g/mol. The molecule has 0 atom stereocenters. The summed E-state index contributed by atoms with van der Waals surface area (Å²) >= 11 is 0. The number of nitrogens with zero attached hydrogens (tertiary/aromatic N) is 1. The van der Waals surface area contributed by atoms with E-state index in [0.717, 1.165) is 50.6 Å². The van der Waals surface area contributed by atoms with Gasteiger partial charge in [0.1, 0.15) is 5.75 Å². The zero-order valence-corrected chi connectivity index (χ0v) is 10.8. The number of hydrogen-bond donors (Lipinski definition) is 0. The van der Waals surface area contributed by atoms with Crippen LogP contribution < -0.4 is 4.74 Å². The Morgan fingerprint density at radius 3 is 2.61 bits per heavy atom. The van der Waals surface area contributed by atoms with E-state index in [0.29, 0.717) is 0 Å². The van der Waals surface area contributed by atoms with Crippen LogP contribution in [0.2, 0.25) is 0 Å². The molecule has 0 spiro atoms. The molecule has 1 fully saturated rings. The van der Waals surface area contributed by atoms with Gasteiger partial charge in [0.05, 0.1) is 20.3 Å². The van der Waals surface area contributed by atoms with Gasteiger partial charge in [-0.2, -0.15) is 0 Å². The Morgan fingerprint density at radius 2 is 1.94 bits per heavy atom. The van der Waals surface area contributed by atoms with Crippen molar-refractivity contribution in [1.29, 1.82) is 0 Å². The highest BCUT2D eigenvalue weighted by Gasteiger charge is 2.08. The molecule has 0 radical (unpaired) electrons. The van der Waals surface area contributed by atoms with Crippen LogP contribution in [0.4, 0.5) is 0 Å². The summed E-state index contributed by atoms with van der Waals surface area (Å²) in [6.45, 7) is 4.80. The summed E-state index contributed by atoms with van der Waals surface area (Å²) in [6.07, 6.45) is 0.909. The Morgan fingerprint density at radius 1 is 1.22 bits per heavy atom. The van der Waals surface area contributed by atoms with Gasteiger partial charge in [0, 0.05) is 31.6 Å². The first-order valence-corrected chi connectivity index (χ1v) is 6.31. The molecule has 0 saturated carbocycles. The predicted octanol–water partition coefficient (Wildman–Crippen LogP) is 1.77. The van der Waals surface area contributed by atoms with Crippen LogP contribution in [-0.2, 0) is 4.74 Å². The van der Waals surface area contributed by atoms with Gasteiger partial charge in [-0.05, 0) is 24.3 Å². The van der Waals surface area contributed by atoms with Crippen LogP contribution in [0.15, 0.2) is 24.3 Å². The summed E-state index contributed by atoms with van der Waals surface area (Å²) < 4.78 is 10.4. The summed E-state index contributed by atoms with van der Waals surface area (Å²) in [4.78, 5) is 2.40. The Hall–Kier alpha value is -1.50. The van der Waals surface area contributed by atoms with Gasteiger partial charge in [0.25, 0.3) is 0 Å². The molecule has 0 unspecified atom stereocenters. The van der Waals surface area contributed by atoms with Crippen LogP contribution >= 0.6 is 0 Å². The lowest BCUT2D eigenvalue weighted by Gasteiger charge is -2.25. The van der Waals surface area contributed by atoms with Gasteiger partial charge in [-0.25, -0.2) is 0 Å². The number of benzene rings is 1. The van der Waals surface area contributed by atoms with Crippen molar-refractivity contribution in [3.05, 3.63) is 29.8 Å². The average molecular weight is 245 g/mol. The third-order valence-electron chi connectivity index (χ3n) is 2.98. The van der Waals surface area contributed by atoms with E-state index >= 15 is 0 Å². The summed E-state index contributed by atoms with van der Waals surface area (Å²) in [7, 11) is 1.67. The molecule has 3 nitrogen and oxygen atoms in total. The second-order valence-electron chi connectivity index (χ2n) is 4.23. The molecule has 1 aliphatic rings. The molecule has 1 aromatic rings. The normalized spacial score (nSPS) is 15.8. The van der Waals surface area contributed by atoms with Crippen LogP contribution in [0.25, 0.3) is 0 Å². The molecule has 18 heavy (non-hydrogen) atoms. The van der Waals surface area contributed by atoms with Crippen molar-refractivity contribution >= 4 is 0 Å². The molecule has 1 aromatic carbocycles. The Balaban J connectivity index is 1.76. The van der Waals surface area contributed by atoms with Gasteiger partial charge in [0.2, 0.25) is 0 Å². The van der Waals surface area contributed by atoms with E-state index in [9.17, 15) is 0 Å². The number of rotatable bonds is 3. The van der Waals surface area contributed by atoms with Gasteiger partial charge in [0.15, 0.2) is 0 Å². The predicted molar refractivity (Wildman–Crippen MR) is 71.7 cm³/mol. The van der Waals surface area contributed by atoms with Crippen molar-refractivity contribution in [2.24, 2.45) is 0 Å². The summed E-state index contributed by atoms with van der Waals surface area (Å²) in [6, 6.07) is 7.85. The zero-order valence-electron chi connectivity index (χ0n) is 10.8. The minimum Gasteiger partial charge on any atom is -0.497 e. The molecule has 0 aromatic heterocycles. The Labute approximate surface area is 109 Å². The smallest absolute Gasteiger partial charge is 0.118 e. The molecule has 3 heteroatoms. The third kappa shape index (κ3) is 4.06. The minimum absolute atomic E-state index is 0.853. The molecule has 1 aliphatic heterocycles. The lowest BCUT2D eigenvalue weighted by atomic mass is 10.2. The van der Waals surface area contributed by atoms with Crippen molar-refractivity contribution < 1.29 is 9.47 Å². The van der Waals surface area contributed by atoms with E-state index in [1.807, 2.05) is 24.3 Å². The fraction of sp³-hybridized carbons (Fsp3) is 0.467. The summed E-state index contributed by atoms with van der Waals surface area (Å²) in [5, 5.41) is 0. The summed E-state index contributed by atoms with van der Waals surface area (Å²) in [5.41, 5.74) is 1.04. The fourth-order valence-corrected chi connectivity index (χ4v) is 1.88. The maximum Gasteiger partial charge on any atom is 0.118 e. The monoisotopic (exact) mass is 245 g/mol. The largest absolute Gasteiger partial charge is 0.497 e. The molecule has 0 N–H and O–H groups in total. The molecular formula is C15H19NO2. The second kappa shape index (κ2) is 7.05. The highest BCUT2D eigenvalue weighted by Crippen LogP contribution is 2.10. The standard InChI is InChI=1S/C15H19NO2/c1-17-15-7-5-14(6-8-15)4-2-3-9-16-10-12-18-13-11-16/h5-8H,3,9-13H2,1H3. The van der Waals surface area contributed by atoms with Gasteiger partial charge < -0.3 is 9.47 Å². The Bertz CT molecular complexity index is 410. The van der Waals surface area contributed by atoms with Crippen molar-refractivity contribution in [3.63, 3.8) is 0 Å². The van der Waals surface area contributed by atoms with Gasteiger partial charge in [-0.3, -0.25) is 4.90 Å². The Kier molecular flexibility index (Phi) is 5.07. The number of hydrogen-bond acceptors (Lipinski definition) is 3. The van der Waals surface area contributed by atoms with Crippen LogP contribution in [0.3, 0.4) is 0 Å². The lowest BCUT2D eigenvalue weighted by Crippen LogP contribution is -2.36. The van der Waals surface area contributed by atoms with Crippen molar-refractivity contribution in [1.82, 2.24) is 4.90 Å². The third-order valence-corrected chi connectivity index (χ3v) is 2.98. The maximum atomic E-state index is 5.31. The van der Waals surface area contributed by atoms with E-state index in [1.165, 1.54) is 0 Å². The van der Waals surface area contributed by atoms with E-state index in [-0.39, 0.29) is 0 Å². The number of methoxy groups -OCH3 is 1. The molecule has 1 saturated heterocycles. The number of ether oxygens (including phenoxy) is 2. The maximum absolute atomic E-state index is 5.31. The molecule has 1 heterocycles. The van der Waals surface area contributed by atoms with Gasteiger partial charge in [-0.1, -0.05) is 11.8 Å². The number of morpholine rings is 1. The zero-order chi connectivity index (χ0) is 12.6. The quantitative estimate of drug-likeness (QED) is 0.758. The molecule has 0 bridgehead atoms. The van der Waals surface area contributed by atoms with E-state index in [1.54, 1.807) is 7.11 Å². The van der Waals surface area contributed by atoms with E-state index < -0.39 is 0 Å². The van der Waals surface area contributed by atoms with Crippen molar-refractivity contribution in [2.75, 3.05) is 40.0 Å². The first-order chi connectivity index (χ1) is 8.88. The van der Waals surface area contributed by atoms with E-state index in [2.05, 4.69) is 16.7 Å². The van der Waals surface area contributed by atoms with Crippen LogP contribution in [0.1, 0.15) is 12.0 Å². The second-order valence-corrected chi connectivity index (χ2v) is 4.23. The van der Waals surface area contributed by atoms with Crippen LogP contribution in [0.5, 0.6) is 5.75 Å². The molecule has 96 valence electrons. The van der Waals surface area contributed by atoms with Gasteiger partial charge in [-0.15, -0.1) is 0 Å². The van der Waals surface area contributed by atoms with Gasteiger partial charge >= 0.3 is 0 Å². The molecule has 0 aliphatic carbocycles. The molecule has 2 rings (SSSR count). The summed E-state index contributed by atoms with van der Waals surface area (Å²) in [5.74, 6) is 7.25. The first kappa shape index (κ1) is 12.9. The minimum atomic E-state index is 0.853. The SMILES string of the molecule is COc1ccc(C#CCCN2CCOCC2)cc1. The lowest BCUT2D eigenvalue weighted by molar-refractivity contribution is 0.0390. The average Bonchev–Trinajstić information content (AvgIpc) is 2.45.